The molecule has 2 aromatic carbocycles. The molecular formula is C14H11FNO5S-. The van der Waals surface area contributed by atoms with Crippen molar-refractivity contribution < 1.29 is 27.4 Å². The highest BCUT2D eigenvalue weighted by molar-refractivity contribution is 7.92. The van der Waals surface area contributed by atoms with Crippen LogP contribution in [-0.2, 0) is 14.8 Å². The van der Waals surface area contributed by atoms with Gasteiger partial charge in [-0.25, -0.2) is 12.8 Å². The molecule has 1 N–H and O–H groups in total. The fraction of sp³-hybridized carbons (Fsp3) is 0.0714. The SMILES string of the molecule is O=C([O-])COc1ccc(S(=O)(=O)Nc2ccc(F)cc2)cc1. The van der Waals surface area contributed by atoms with Crippen LogP contribution in [0.25, 0.3) is 0 Å². The Hall–Kier alpha value is -2.61. The first-order chi connectivity index (χ1) is 10.4. The van der Waals surface area contributed by atoms with Crippen molar-refractivity contribution >= 4 is 21.7 Å². The van der Waals surface area contributed by atoms with E-state index in [1.165, 1.54) is 36.4 Å². The molecule has 0 saturated carbocycles. The molecule has 0 unspecified atom stereocenters. The second kappa shape index (κ2) is 6.44. The molecule has 0 heterocycles. The van der Waals surface area contributed by atoms with E-state index in [9.17, 15) is 22.7 Å². The first kappa shape index (κ1) is 15.8. The third-order valence-electron chi connectivity index (χ3n) is 2.59. The van der Waals surface area contributed by atoms with E-state index >= 15 is 0 Å². The number of carboxylic acid groups (broad SMARTS) is 1. The summed E-state index contributed by atoms with van der Waals surface area (Å²) in [6.07, 6.45) is 0. The van der Waals surface area contributed by atoms with Crippen LogP contribution < -0.4 is 14.6 Å². The maximum absolute atomic E-state index is 12.8. The summed E-state index contributed by atoms with van der Waals surface area (Å²) < 4.78 is 44.1. The van der Waals surface area contributed by atoms with Crippen molar-refractivity contribution in [1.29, 1.82) is 0 Å². The van der Waals surface area contributed by atoms with Crippen LogP contribution >= 0.6 is 0 Å². The molecule has 2 aromatic rings. The maximum Gasteiger partial charge on any atom is 0.261 e. The summed E-state index contributed by atoms with van der Waals surface area (Å²) in [4.78, 5) is 10.2. The van der Waals surface area contributed by atoms with Crippen molar-refractivity contribution in [3.05, 3.63) is 54.3 Å². The van der Waals surface area contributed by atoms with Crippen molar-refractivity contribution in [2.24, 2.45) is 0 Å². The highest BCUT2D eigenvalue weighted by atomic mass is 32.2. The monoisotopic (exact) mass is 324 g/mol. The first-order valence-electron chi connectivity index (χ1n) is 6.08. The Labute approximate surface area is 126 Å². The Morgan fingerprint density at radius 3 is 2.23 bits per heavy atom. The number of carboxylic acids is 1. The second-order valence-corrected chi connectivity index (χ2v) is 5.93. The smallest absolute Gasteiger partial charge is 0.261 e. The number of carbonyl (C=O) groups excluding carboxylic acids is 1. The number of benzene rings is 2. The fourth-order valence-corrected chi connectivity index (χ4v) is 2.65. The Morgan fingerprint density at radius 1 is 1.09 bits per heavy atom. The van der Waals surface area contributed by atoms with Gasteiger partial charge < -0.3 is 14.6 Å². The largest absolute Gasteiger partial charge is 0.546 e. The van der Waals surface area contributed by atoms with Crippen LogP contribution in [0, 0.1) is 5.82 Å². The zero-order chi connectivity index (χ0) is 16.2. The molecule has 0 amide bonds. The van der Waals surface area contributed by atoms with Gasteiger partial charge in [0.15, 0.2) is 0 Å². The van der Waals surface area contributed by atoms with Gasteiger partial charge in [0.2, 0.25) is 0 Å². The average Bonchev–Trinajstić information content (AvgIpc) is 2.48. The molecule has 0 atom stereocenters. The van der Waals surface area contributed by atoms with E-state index < -0.39 is 28.4 Å². The van der Waals surface area contributed by atoms with Gasteiger partial charge in [0.1, 0.15) is 18.2 Å². The van der Waals surface area contributed by atoms with E-state index in [0.29, 0.717) is 0 Å². The second-order valence-electron chi connectivity index (χ2n) is 4.24. The molecule has 0 aliphatic heterocycles. The van der Waals surface area contributed by atoms with E-state index in [4.69, 9.17) is 4.74 Å². The van der Waals surface area contributed by atoms with Gasteiger partial charge in [-0.1, -0.05) is 0 Å². The third-order valence-corrected chi connectivity index (χ3v) is 3.98. The van der Waals surface area contributed by atoms with Gasteiger partial charge >= 0.3 is 0 Å². The lowest BCUT2D eigenvalue weighted by atomic mass is 10.3. The van der Waals surface area contributed by atoms with E-state index in [-0.39, 0.29) is 16.3 Å². The van der Waals surface area contributed by atoms with Crippen LogP contribution in [0.5, 0.6) is 5.75 Å². The van der Waals surface area contributed by atoms with Crippen LogP contribution in [0.15, 0.2) is 53.4 Å². The minimum Gasteiger partial charge on any atom is -0.546 e. The summed E-state index contributed by atoms with van der Waals surface area (Å²) in [6.45, 7) is -0.625. The zero-order valence-corrected chi connectivity index (χ0v) is 12.0. The summed E-state index contributed by atoms with van der Waals surface area (Å²) in [5.74, 6) is -1.66. The number of anilines is 1. The maximum atomic E-state index is 12.8. The molecule has 22 heavy (non-hydrogen) atoms. The molecule has 0 aromatic heterocycles. The molecule has 0 aliphatic rings. The number of halogens is 1. The molecule has 2 rings (SSSR count). The third kappa shape index (κ3) is 4.19. The molecule has 8 heteroatoms. The molecule has 6 nitrogen and oxygen atoms in total. The number of hydrogen-bond acceptors (Lipinski definition) is 5. The van der Waals surface area contributed by atoms with Gasteiger partial charge in [-0.05, 0) is 48.5 Å². The molecular weight excluding hydrogens is 313 g/mol. The predicted molar refractivity (Wildman–Crippen MR) is 74.2 cm³/mol. The van der Waals surface area contributed by atoms with Crippen molar-refractivity contribution in [1.82, 2.24) is 0 Å². The van der Waals surface area contributed by atoms with E-state index in [1.54, 1.807) is 0 Å². The van der Waals surface area contributed by atoms with Crippen LogP contribution in [0.4, 0.5) is 10.1 Å². The normalized spacial score (nSPS) is 11.0. The first-order valence-corrected chi connectivity index (χ1v) is 7.56. The number of carbonyl (C=O) groups is 1. The number of aliphatic carboxylic acids is 1. The lowest BCUT2D eigenvalue weighted by Crippen LogP contribution is -2.28. The minimum atomic E-state index is -3.83. The van der Waals surface area contributed by atoms with Crippen LogP contribution in [0.2, 0.25) is 0 Å². The van der Waals surface area contributed by atoms with Gasteiger partial charge in [-0.2, -0.15) is 0 Å². The van der Waals surface area contributed by atoms with E-state index in [1.807, 2.05) is 0 Å². The van der Waals surface area contributed by atoms with Crippen molar-refractivity contribution in [3.63, 3.8) is 0 Å². The van der Waals surface area contributed by atoms with Crippen LogP contribution in [-0.4, -0.2) is 21.0 Å². The predicted octanol–water partition coefficient (Wildman–Crippen LogP) is 0.755. The summed E-state index contributed by atoms with van der Waals surface area (Å²) >= 11 is 0. The highest BCUT2D eigenvalue weighted by Gasteiger charge is 2.14. The lowest BCUT2D eigenvalue weighted by molar-refractivity contribution is -0.307. The molecule has 0 aliphatic carbocycles. The Balaban J connectivity index is 2.12. The minimum absolute atomic E-state index is 0.0439. The lowest BCUT2D eigenvalue weighted by Gasteiger charge is -2.10. The topological polar surface area (TPSA) is 95.5 Å². The number of nitrogens with one attached hydrogen (secondary N) is 1. The molecule has 0 radical (unpaired) electrons. The van der Waals surface area contributed by atoms with Crippen LogP contribution in [0.1, 0.15) is 0 Å². The Morgan fingerprint density at radius 2 is 1.68 bits per heavy atom. The molecule has 0 bridgehead atoms. The van der Waals surface area contributed by atoms with Crippen molar-refractivity contribution in [2.75, 3.05) is 11.3 Å². The number of ether oxygens (including phenoxy) is 1. The van der Waals surface area contributed by atoms with Crippen molar-refractivity contribution in [3.8, 4) is 5.75 Å². The summed E-state index contributed by atoms with van der Waals surface area (Å²) in [5.41, 5.74) is 0.221. The van der Waals surface area contributed by atoms with Gasteiger partial charge in [0.25, 0.3) is 10.0 Å². The molecule has 116 valence electrons. The summed E-state index contributed by atoms with van der Waals surface area (Å²) in [6, 6.07) is 10.0. The Bertz CT molecular complexity index is 757. The Kier molecular flexibility index (Phi) is 4.62. The van der Waals surface area contributed by atoms with Crippen molar-refractivity contribution in [2.45, 2.75) is 4.90 Å². The van der Waals surface area contributed by atoms with E-state index in [2.05, 4.69) is 4.72 Å². The van der Waals surface area contributed by atoms with E-state index in [0.717, 1.165) is 12.1 Å². The quantitative estimate of drug-likeness (QED) is 0.846. The van der Waals surface area contributed by atoms with Gasteiger partial charge in [0.05, 0.1) is 10.9 Å². The fourth-order valence-electron chi connectivity index (χ4n) is 1.59. The zero-order valence-electron chi connectivity index (χ0n) is 11.2. The molecule has 0 spiro atoms. The number of hydrogen-bond donors (Lipinski definition) is 1. The number of rotatable bonds is 6. The standard InChI is InChI=1S/C14H12FNO5S/c15-10-1-3-11(4-2-10)16-22(19,20)13-7-5-12(6-8-13)21-9-14(17)18/h1-8,16H,9H2,(H,17,18)/p-1. The van der Waals surface area contributed by atoms with Crippen LogP contribution in [0.3, 0.4) is 0 Å². The number of sulfonamides is 1. The molecule has 0 fully saturated rings. The van der Waals surface area contributed by atoms with Gasteiger partial charge in [0, 0.05) is 5.69 Å². The average molecular weight is 324 g/mol. The van der Waals surface area contributed by atoms with Gasteiger partial charge in [-0.3, -0.25) is 4.72 Å². The molecule has 0 saturated heterocycles. The summed E-state index contributed by atoms with van der Waals surface area (Å²) in [7, 11) is -3.83. The summed E-state index contributed by atoms with van der Waals surface area (Å²) in [5, 5.41) is 10.3. The van der Waals surface area contributed by atoms with Gasteiger partial charge in [-0.15, -0.1) is 0 Å². The highest BCUT2D eigenvalue weighted by Crippen LogP contribution is 2.19.